The molecule has 3 saturated carbocycles. The normalized spacial score (nSPS) is 27.4. The van der Waals surface area contributed by atoms with Gasteiger partial charge in [-0.3, -0.25) is 4.79 Å². The molecular weight excluding hydrogens is 280 g/mol. The van der Waals surface area contributed by atoms with E-state index in [1.54, 1.807) is 0 Å². The minimum atomic E-state index is -2.60. The molecule has 0 saturated heterocycles. The molecule has 2 bridgehead atoms. The van der Waals surface area contributed by atoms with Gasteiger partial charge in [0.25, 0.3) is 5.91 Å². The molecule has 4 rings (SSSR count). The summed E-state index contributed by atoms with van der Waals surface area (Å²) in [5.74, 6) is 0.449. The fourth-order valence-electron chi connectivity index (χ4n) is 3.24. The molecule has 0 unspecified atom stereocenters. The van der Waals surface area contributed by atoms with Crippen LogP contribution >= 0.6 is 0 Å². The Bertz CT molecular complexity index is 624. The van der Waals surface area contributed by atoms with Gasteiger partial charge in [-0.05, 0) is 31.6 Å². The fraction of sp³-hybridized carbons (Fsp3) is 0.583. The number of carbonyl (C=O) groups excluding carboxylic acids is 1. The minimum Gasteiger partial charge on any atom is -0.365 e. The van der Waals surface area contributed by atoms with Gasteiger partial charge in [0.15, 0.2) is 0 Å². The van der Waals surface area contributed by atoms with Crippen molar-refractivity contribution in [2.45, 2.75) is 37.0 Å². The number of primary amides is 1. The topological polar surface area (TPSA) is 115 Å². The van der Waals surface area contributed by atoms with Gasteiger partial charge >= 0.3 is 0 Å². The molecule has 108 valence electrons. The van der Waals surface area contributed by atoms with Gasteiger partial charge < -0.3 is 11.1 Å². The van der Waals surface area contributed by atoms with Crippen LogP contribution in [0.15, 0.2) is 6.20 Å². The molecule has 3 aliphatic rings. The first kappa shape index (κ1) is 13.3. The first-order valence-electron chi connectivity index (χ1n) is 6.53. The van der Waals surface area contributed by atoms with Crippen molar-refractivity contribution in [2.75, 3.05) is 5.32 Å². The van der Waals surface area contributed by atoms with E-state index in [-0.39, 0.29) is 22.7 Å². The van der Waals surface area contributed by atoms with Crippen molar-refractivity contribution in [2.24, 2.45) is 11.7 Å². The van der Waals surface area contributed by atoms with Gasteiger partial charge in [-0.15, -0.1) is 0 Å². The van der Waals surface area contributed by atoms with Crippen molar-refractivity contribution in [3.8, 4) is 0 Å². The molecular formula is C12H16N4O3S. The predicted octanol–water partition coefficient (Wildman–Crippen LogP) is 0.0414. The van der Waals surface area contributed by atoms with Gasteiger partial charge in [-0.25, -0.2) is 18.4 Å². The number of hydrogen-bond acceptors (Lipinski definition) is 6. The molecule has 1 heterocycles. The summed E-state index contributed by atoms with van der Waals surface area (Å²) in [5.41, 5.74) is 5.53. The zero-order chi connectivity index (χ0) is 14.3. The lowest BCUT2D eigenvalue weighted by molar-refractivity contribution is 0.1000. The van der Waals surface area contributed by atoms with Crippen molar-refractivity contribution in [1.82, 2.24) is 9.97 Å². The van der Waals surface area contributed by atoms with Gasteiger partial charge in [0.1, 0.15) is 28.1 Å². The van der Waals surface area contributed by atoms with Crippen LogP contribution in [0, 0.1) is 5.92 Å². The number of carbonyl (C=O) groups is 1. The van der Waals surface area contributed by atoms with Gasteiger partial charge in [0.2, 0.25) is 0 Å². The summed E-state index contributed by atoms with van der Waals surface area (Å²) in [6.45, 7) is 0. The van der Waals surface area contributed by atoms with E-state index >= 15 is 0 Å². The van der Waals surface area contributed by atoms with Gasteiger partial charge in [-0.1, -0.05) is 0 Å². The molecule has 0 spiro atoms. The Morgan fingerprint density at radius 3 is 2.80 bits per heavy atom. The molecule has 1 aromatic heterocycles. The average molecular weight is 296 g/mol. The van der Waals surface area contributed by atoms with Crippen LogP contribution in [0.3, 0.4) is 0 Å². The lowest BCUT2D eigenvalue weighted by Gasteiger charge is -2.40. The molecule has 20 heavy (non-hydrogen) atoms. The molecule has 3 fully saturated rings. The quantitative estimate of drug-likeness (QED) is 0.661. The van der Waals surface area contributed by atoms with Gasteiger partial charge in [0, 0.05) is 11.7 Å². The van der Waals surface area contributed by atoms with Crippen molar-refractivity contribution >= 4 is 22.4 Å². The number of nitrogens with one attached hydrogen (secondary N) is 1. The highest BCUT2D eigenvalue weighted by Gasteiger charge is 2.50. The summed E-state index contributed by atoms with van der Waals surface area (Å²) in [7, 11) is -2.60. The number of nitrogens with zero attached hydrogens (tertiary/aromatic N) is 2. The second-order valence-corrected chi connectivity index (χ2v) is 6.60. The number of thiol groups is 1. The SMILES string of the molecule is NC(=O)c1cnc(C[SH](=O)=O)nc1NC12CCC(C1)C2. The first-order valence-corrected chi connectivity index (χ1v) is 7.89. The van der Waals surface area contributed by atoms with E-state index in [0.717, 1.165) is 25.2 Å². The lowest BCUT2D eigenvalue weighted by Crippen LogP contribution is -2.43. The highest BCUT2D eigenvalue weighted by molar-refractivity contribution is 7.71. The summed E-state index contributed by atoms with van der Waals surface area (Å²) in [4.78, 5) is 19.5. The van der Waals surface area contributed by atoms with E-state index in [2.05, 4.69) is 15.3 Å². The van der Waals surface area contributed by atoms with Crippen LogP contribution in [0.25, 0.3) is 0 Å². The van der Waals surface area contributed by atoms with E-state index < -0.39 is 16.6 Å². The third-order valence-electron chi connectivity index (χ3n) is 4.15. The van der Waals surface area contributed by atoms with Crippen LogP contribution in [0.2, 0.25) is 0 Å². The van der Waals surface area contributed by atoms with Crippen LogP contribution < -0.4 is 11.1 Å². The van der Waals surface area contributed by atoms with E-state index in [1.807, 2.05) is 0 Å². The Labute approximate surface area is 117 Å². The molecule has 0 aliphatic heterocycles. The monoisotopic (exact) mass is 296 g/mol. The molecule has 0 radical (unpaired) electrons. The maximum absolute atomic E-state index is 11.4. The predicted molar refractivity (Wildman–Crippen MR) is 72.9 cm³/mol. The second-order valence-electron chi connectivity index (χ2n) is 5.62. The standard InChI is InChI=1S/C12H16N4O3S/c13-10(17)8-5-14-9(6-20(18)19)15-11(8)16-12-2-1-7(3-12)4-12/h5,7,20H,1-4,6H2,(H2,13,17)(H,14,15,16). The number of fused-ring (bicyclic) bond motifs is 1. The summed E-state index contributed by atoms with van der Waals surface area (Å²) in [6.07, 6.45) is 5.67. The van der Waals surface area contributed by atoms with E-state index in [1.165, 1.54) is 12.6 Å². The zero-order valence-electron chi connectivity index (χ0n) is 10.8. The summed E-state index contributed by atoms with van der Waals surface area (Å²) in [5, 5.41) is 3.30. The van der Waals surface area contributed by atoms with Crippen molar-refractivity contribution in [1.29, 1.82) is 0 Å². The van der Waals surface area contributed by atoms with Crippen molar-refractivity contribution in [3.05, 3.63) is 17.6 Å². The van der Waals surface area contributed by atoms with Crippen LogP contribution in [-0.4, -0.2) is 29.8 Å². The highest BCUT2D eigenvalue weighted by atomic mass is 32.2. The van der Waals surface area contributed by atoms with Crippen LogP contribution in [-0.2, 0) is 16.5 Å². The Morgan fingerprint density at radius 1 is 1.50 bits per heavy atom. The van der Waals surface area contributed by atoms with Crippen molar-refractivity contribution in [3.63, 3.8) is 0 Å². The Hall–Kier alpha value is -1.70. The number of amides is 1. The van der Waals surface area contributed by atoms with E-state index in [9.17, 15) is 13.2 Å². The molecule has 7 nitrogen and oxygen atoms in total. The molecule has 0 aromatic carbocycles. The van der Waals surface area contributed by atoms with Gasteiger partial charge in [-0.2, -0.15) is 0 Å². The van der Waals surface area contributed by atoms with Crippen LogP contribution in [0.1, 0.15) is 41.9 Å². The molecule has 1 amide bonds. The van der Waals surface area contributed by atoms with E-state index in [0.29, 0.717) is 5.82 Å². The Morgan fingerprint density at radius 2 is 2.25 bits per heavy atom. The van der Waals surface area contributed by atoms with Crippen molar-refractivity contribution < 1.29 is 13.2 Å². The third kappa shape index (κ3) is 2.35. The Balaban J connectivity index is 1.90. The minimum absolute atomic E-state index is 0.000153. The fourth-order valence-corrected chi connectivity index (χ4v) is 3.62. The van der Waals surface area contributed by atoms with E-state index in [4.69, 9.17) is 5.73 Å². The number of aromatic nitrogens is 2. The number of rotatable bonds is 5. The van der Waals surface area contributed by atoms with Crippen LogP contribution in [0.4, 0.5) is 5.82 Å². The number of anilines is 1. The largest absolute Gasteiger partial charge is 0.365 e. The van der Waals surface area contributed by atoms with Gasteiger partial charge in [0.05, 0.1) is 5.56 Å². The summed E-state index contributed by atoms with van der Waals surface area (Å²) < 4.78 is 21.5. The molecule has 8 heteroatoms. The summed E-state index contributed by atoms with van der Waals surface area (Å²) >= 11 is 0. The number of hydrogen-bond donors (Lipinski definition) is 3. The second kappa shape index (κ2) is 4.69. The molecule has 0 atom stereocenters. The number of nitrogens with two attached hydrogens (primary N) is 1. The molecule has 3 N–H and O–H groups in total. The first-order chi connectivity index (χ1) is 9.47. The highest BCUT2D eigenvalue weighted by Crippen LogP contribution is 2.53. The smallest absolute Gasteiger partial charge is 0.254 e. The van der Waals surface area contributed by atoms with Crippen LogP contribution in [0.5, 0.6) is 0 Å². The summed E-state index contributed by atoms with van der Waals surface area (Å²) in [6, 6.07) is 0. The third-order valence-corrected chi connectivity index (χ3v) is 4.69. The zero-order valence-corrected chi connectivity index (χ0v) is 11.7. The maximum atomic E-state index is 11.4. The lowest BCUT2D eigenvalue weighted by atomic mass is 9.77. The Kier molecular flexibility index (Phi) is 3.12. The maximum Gasteiger partial charge on any atom is 0.254 e. The molecule has 1 aromatic rings. The molecule has 3 aliphatic carbocycles. The average Bonchev–Trinajstić information content (AvgIpc) is 2.87.